The summed E-state index contributed by atoms with van der Waals surface area (Å²) in [4.78, 5) is 7.00. The molecule has 1 aromatic rings. The smallest absolute Gasteiger partial charge is 0.183 e. The average Bonchev–Trinajstić information content (AvgIpc) is 2.48. The zero-order valence-electron chi connectivity index (χ0n) is 13.6. The first-order chi connectivity index (χ1) is 10.2. The molecule has 1 aromatic heterocycles. The van der Waals surface area contributed by atoms with Crippen molar-refractivity contribution in [1.82, 2.24) is 15.2 Å². The minimum absolute atomic E-state index is 0.552. The van der Waals surface area contributed by atoms with Gasteiger partial charge in [0, 0.05) is 44.5 Å². The van der Waals surface area contributed by atoms with Crippen molar-refractivity contribution in [3.05, 3.63) is 18.0 Å². The summed E-state index contributed by atoms with van der Waals surface area (Å²) in [5.41, 5.74) is 0.951. The van der Waals surface area contributed by atoms with Crippen molar-refractivity contribution < 1.29 is 9.47 Å². The third kappa shape index (κ3) is 4.08. The molecule has 1 fully saturated rings. The summed E-state index contributed by atoms with van der Waals surface area (Å²) in [5.74, 6) is 2.19. The Morgan fingerprint density at radius 2 is 2.19 bits per heavy atom. The predicted molar refractivity (Wildman–Crippen MR) is 83.9 cm³/mol. The molecule has 0 spiro atoms. The van der Waals surface area contributed by atoms with Gasteiger partial charge in [-0.25, -0.2) is 0 Å². The van der Waals surface area contributed by atoms with Crippen molar-refractivity contribution in [2.24, 2.45) is 5.92 Å². The number of aromatic nitrogens is 1. The predicted octanol–water partition coefficient (Wildman–Crippen LogP) is 1.92. The molecule has 5 heteroatoms. The molecule has 0 saturated carbocycles. The first-order valence-corrected chi connectivity index (χ1v) is 7.66. The third-order valence-electron chi connectivity index (χ3n) is 3.93. The van der Waals surface area contributed by atoms with Crippen molar-refractivity contribution in [2.45, 2.75) is 32.9 Å². The van der Waals surface area contributed by atoms with Gasteiger partial charge in [0.1, 0.15) is 5.69 Å². The SMILES string of the molecule is COc1ccnc(CN2CCNCC2CC(C)C)c1OC. The normalized spacial score (nSPS) is 19.8. The Morgan fingerprint density at radius 3 is 2.86 bits per heavy atom. The molecule has 0 radical (unpaired) electrons. The van der Waals surface area contributed by atoms with Gasteiger partial charge in [-0.15, -0.1) is 0 Å². The lowest BCUT2D eigenvalue weighted by molar-refractivity contribution is 0.131. The standard InChI is InChI=1S/C16H27N3O2/c1-12(2)9-13-10-17-7-8-19(13)11-14-16(21-4)15(20-3)5-6-18-14/h5-6,12-13,17H,7-11H2,1-4H3. The van der Waals surface area contributed by atoms with Crippen molar-refractivity contribution >= 4 is 0 Å². The lowest BCUT2D eigenvalue weighted by Crippen LogP contribution is -2.51. The van der Waals surface area contributed by atoms with Gasteiger partial charge in [0.15, 0.2) is 11.5 Å². The van der Waals surface area contributed by atoms with Crippen molar-refractivity contribution in [3.8, 4) is 11.5 Å². The maximum Gasteiger partial charge on any atom is 0.183 e. The van der Waals surface area contributed by atoms with Gasteiger partial charge in [-0.1, -0.05) is 13.8 Å². The topological polar surface area (TPSA) is 46.6 Å². The number of pyridine rings is 1. The number of hydrogen-bond acceptors (Lipinski definition) is 5. The van der Waals surface area contributed by atoms with Crippen LogP contribution in [0.4, 0.5) is 0 Å². The molecular formula is C16H27N3O2. The lowest BCUT2D eigenvalue weighted by atomic mass is 10.0. The Morgan fingerprint density at radius 1 is 1.38 bits per heavy atom. The second-order valence-electron chi connectivity index (χ2n) is 5.95. The van der Waals surface area contributed by atoms with Crippen LogP contribution in [0.15, 0.2) is 12.3 Å². The Bertz CT molecular complexity index is 451. The highest BCUT2D eigenvalue weighted by Crippen LogP contribution is 2.30. The van der Waals surface area contributed by atoms with Crippen molar-refractivity contribution in [2.75, 3.05) is 33.9 Å². The molecule has 118 valence electrons. The second-order valence-corrected chi connectivity index (χ2v) is 5.95. The summed E-state index contributed by atoms with van der Waals surface area (Å²) in [6.45, 7) is 8.47. The lowest BCUT2D eigenvalue weighted by Gasteiger charge is -2.37. The zero-order valence-corrected chi connectivity index (χ0v) is 13.6. The van der Waals surface area contributed by atoms with E-state index in [0.29, 0.717) is 12.0 Å². The first-order valence-electron chi connectivity index (χ1n) is 7.66. The van der Waals surface area contributed by atoms with E-state index < -0.39 is 0 Å². The number of nitrogens with zero attached hydrogens (tertiary/aromatic N) is 2. The number of rotatable bonds is 6. The van der Waals surface area contributed by atoms with E-state index in [1.807, 2.05) is 6.07 Å². The first kappa shape index (κ1) is 16.0. The van der Waals surface area contributed by atoms with Crippen LogP contribution in [0.2, 0.25) is 0 Å². The van der Waals surface area contributed by atoms with E-state index in [-0.39, 0.29) is 0 Å². The van der Waals surface area contributed by atoms with Crippen LogP contribution in [-0.4, -0.2) is 49.8 Å². The minimum Gasteiger partial charge on any atom is -0.493 e. The van der Waals surface area contributed by atoms with E-state index in [9.17, 15) is 0 Å². The quantitative estimate of drug-likeness (QED) is 0.868. The largest absolute Gasteiger partial charge is 0.493 e. The van der Waals surface area contributed by atoms with E-state index in [1.165, 1.54) is 6.42 Å². The molecule has 2 rings (SSSR count). The van der Waals surface area contributed by atoms with Crippen LogP contribution < -0.4 is 14.8 Å². The molecule has 0 aromatic carbocycles. The Balaban J connectivity index is 2.15. The molecule has 0 bridgehead atoms. The van der Waals surface area contributed by atoms with Gasteiger partial charge in [-0.05, 0) is 12.3 Å². The molecule has 0 amide bonds. The van der Waals surface area contributed by atoms with E-state index in [2.05, 4.69) is 29.0 Å². The Labute approximate surface area is 127 Å². The Kier molecular flexibility index (Phi) is 5.82. The highest BCUT2D eigenvalue weighted by atomic mass is 16.5. The summed E-state index contributed by atoms with van der Waals surface area (Å²) in [6, 6.07) is 2.39. The maximum atomic E-state index is 5.50. The minimum atomic E-state index is 0.552. The number of hydrogen-bond donors (Lipinski definition) is 1. The maximum absolute atomic E-state index is 5.50. The highest BCUT2D eigenvalue weighted by Gasteiger charge is 2.25. The van der Waals surface area contributed by atoms with Gasteiger partial charge in [0.05, 0.1) is 14.2 Å². The zero-order chi connectivity index (χ0) is 15.2. The van der Waals surface area contributed by atoms with Gasteiger partial charge in [-0.2, -0.15) is 0 Å². The van der Waals surface area contributed by atoms with Gasteiger partial charge in [0.2, 0.25) is 0 Å². The van der Waals surface area contributed by atoms with E-state index in [1.54, 1.807) is 20.4 Å². The summed E-state index contributed by atoms with van der Waals surface area (Å²) >= 11 is 0. The molecule has 1 N–H and O–H groups in total. The molecule has 2 heterocycles. The summed E-state index contributed by atoms with van der Waals surface area (Å²) in [7, 11) is 3.33. The fourth-order valence-electron chi connectivity index (χ4n) is 2.94. The average molecular weight is 293 g/mol. The molecule has 1 unspecified atom stereocenters. The molecule has 1 atom stereocenters. The number of nitrogens with one attached hydrogen (secondary N) is 1. The fraction of sp³-hybridized carbons (Fsp3) is 0.688. The van der Waals surface area contributed by atoms with Crippen LogP contribution in [-0.2, 0) is 6.54 Å². The van der Waals surface area contributed by atoms with Gasteiger partial charge < -0.3 is 14.8 Å². The van der Waals surface area contributed by atoms with Gasteiger partial charge >= 0.3 is 0 Å². The van der Waals surface area contributed by atoms with Crippen LogP contribution in [0, 0.1) is 5.92 Å². The van der Waals surface area contributed by atoms with Crippen LogP contribution in [0.1, 0.15) is 26.0 Å². The van der Waals surface area contributed by atoms with E-state index in [0.717, 1.165) is 43.4 Å². The second kappa shape index (κ2) is 7.61. The van der Waals surface area contributed by atoms with E-state index in [4.69, 9.17) is 9.47 Å². The van der Waals surface area contributed by atoms with Gasteiger partial charge in [-0.3, -0.25) is 9.88 Å². The molecule has 5 nitrogen and oxygen atoms in total. The third-order valence-corrected chi connectivity index (χ3v) is 3.93. The van der Waals surface area contributed by atoms with Crippen molar-refractivity contribution in [1.29, 1.82) is 0 Å². The van der Waals surface area contributed by atoms with E-state index >= 15 is 0 Å². The Hall–Kier alpha value is -1.33. The van der Waals surface area contributed by atoms with Crippen LogP contribution in [0.5, 0.6) is 11.5 Å². The molecular weight excluding hydrogens is 266 g/mol. The summed E-state index contributed by atoms with van der Waals surface area (Å²) < 4.78 is 10.9. The number of methoxy groups -OCH3 is 2. The fourth-order valence-corrected chi connectivity index (χ4v) is 2.94. The number of piperazine rings is 1. The monoisotopic (exact) mass is 293 g/mol. The molecule has 1 aliphatic heterocycles. The van der Waals surface area contributed by atoms with Crippen LogP contribution >= 0.6 is 0 Å². The highest BCUT2D eigenvalue weighted by molar-refractivity contribution is 5.42. The molecule has 1 saturated heterocycles. The van der Waals surface area contributed by atoms with Crippen LogP contribution in [0.25, 0.3) is 0 Å². The van der Waals surface area contributed by atoms with Gasteiger partial charge in [0.25, 0.3) is 0 Å². The molecule has 21 heavy (non-hydrogen) atoms. The van der Waals surface area contributed by atoms with Crippen LogP contribution in [0.3, 0.4) is 0 Å². The summed E-state index contributed by atoms with van der Waals surface area (Å²) in [5, 5.41) is 3.49. The number of ether oxygens (including phenoxy) is 2. The molecule has 1 aliphatic rings. The molecule has 0 aliphatic carbocycles. The summed E-state index contributed by atoms with van der Waals surface area (Å²) in [6.07, 6.45) is 2.98. The van der Waals surface area contributed by atoms with Crippen molar-refractivity contribution in [3.63, 3.8) is 0 Å².